The molecule has 0 radical (unpaired) electrons. The number of benzene rings is 3. The fourth-order valence-electron chi connectivity index (χ4n) is 2.91. The zero-order valence-electron chi connectivity index (χ0n) is 17.7. The van der Waals surface area contributed by atoms with Crippen LogP contribution < -0.4 is 15.4 Å². The second kappa shape index (κ2) is 9.42. The highest BCUT2D eigenvalue weighted by Gasteiger charge is 2.21. The third-order valence-corrected chi connectivity index (χ3v) is 6.57. The van der Waals surface area contributed by atoms with E-state index in [1.165, 1.54) is 25.1 Å². The summed E-state index contributed by atoms with van der Waals surface area (Å²) in [5.41, 5.74) is 3.58. The molecule has 3 aromatic rings. The van der Waals surface area contributed by atoms with Crippen LogP contribution in [0, 0.1) is 13.8 Å². The number of hydrogen-bond acceptors (Lipinski definition) is 4. The summed E-state index contributed by atoms with van der Waals surface area (Å²) in [5.74, 6) is -0.706. The summed E-state index contributed by atoms with van der Waals surface area (Å²) < 4.78 is 28.3. The lowest BCUT2D eigenvalue weighted by atomic mass is 10.1. The van der Waals surface area contributed by atoms with E-state index in [-0.39, 0.29) is 21.4 Å². The molecule has 3 rings (SSSR count). The van der Waals surface area contributed by atoms with Gasteiger partial charge < -0.3 is 10.6 Å². The van der Waals surface area contributed by atoms with Gasteiger partial charge in [-0.25, -0.2) is 8.42 Å². The number of anilines is 3. The van der Waals surface area contributed by atoms with Crippen molar-refractivity contribution in [1.82, 2.24) is 0 Å². The Hall–Kier alpha value is -3.36. The van der Waals surface area contributed by atoms with Crippen LogP contribution in [0.2, 0.25) is 5.02 Å². The molecule has 0 saturated heterocycles. The van der Waals surface area contributed by atoms with E-state index >= 15 is 0 Å². The van der Waals surface area contributed by atoms with Crippen LogP contribution in [0.15, 0.2) is 65.6 Å². The van der Waals surface area contributed by atoms with Gasteiger partial charge in [0.25, 0.3) is 15.9 Å². The molecular formula is C23H22ClN3O4S. The van der Waals surface area contributed by atoms with Gasteiger partial charge in [-0.05, 0) is 79.6 Å². The quantitative estimate of drug-likeness (QED) is 0.472. The zero-order valence-corrected chi connectivity index (χ0v) is 19.3. The van der Waals surface area contributed by atoms with E-state index in [0.717, 1.165) is 11.1 Å². The Balaban J connectivity index is 1.81. The number of carbonyl (C=O) groups is 2. The molecule has 0 bridgehead atoms. The molecule has 32 heavy (non-hydrogen) atoms. The van der Waals surface area contributed by atoms with Gasteiger partial charge in [-0.2, -0.15) is 0 Å². The Morgan fingerprint density at radius 2 is 1.38 bits per heavy atom. The van der Waals surface area contributed by atoms with Gasteiger partial charge in [-0.1, -0.05) is 17.7 Å². The van der Waals surface area contributed by atoms with E-state index in [1.54, 1.807) is 36.4 Å². The predicted octanol–water partition coefficient (Wildman–Crippen LogP) is 4.97. The van der Waals surface area contributed by atoms with Gasteiger partial charge in [0.1, 0.15) is 4.90 Å². The second-order valence-corrected chi connectivity index (χ2v) is 9.32. The maximum absolute atomic E-state index is 12.9. The molecule has 0 heterocycles. The minimum atomic E-state index is -4.02. The Kier molecular flexibility index (Phi) is 6.86. The van der Waals surface area contributed by atoms with Crippen molar-refractivity contribution in [1.29, 1.82) is 0 Å². The number of halogens is 1. The van der Waals surface area contributed by atoms with Gasteiger partial charge in [0.05, 0.1) is 5.02 Å². The molecule has 0 aromatic heterocycles. The number of amides is 2. The Morgan fingerprint density at radius 3 is 1.97 bits per heavy atom. The first-order valence-corrected chi connectivity index (χ1v) is 11.5. The van der Waals surface area contributed by atoms with Crippen molar-refractivity contribution in [3.8, 4) is 0 Å². The van der Waals surface area contributed by atoms with Gasteiger partial charge in [0.2, 0.25) is 5.91 Å². The monoisotopic (exact) mass is 471 g/mol. The Morgan fingerprint density at radius 1 is 0.781 bits per heavy atom. The predicted molar refractivity (Wildman–Crippen MR) is 127 cm³/mol. The van der Waals surface area contributed by atoms with Crippen LogP contribution in [0.3, 0.4) is 0 Å². The van der Waals surface area contributed by atoms with Crippen molar-refractivity contribution < 1.29 is 18.0 Å². The van der Waals surface area contributed by atoms with Crippen LogP contribution in [0.1, 0.15) is 28.4 Å². The summed E-state index contributed by atoms with van der Waals surface area (Å²) in [5, 5.41) is 5.32. The largest absolute Gasteiger partial charge is 0.326 e. The number of aryl methyl sites for hydroxylation is 2. The highest BCUT2D eigenvalue weighted by molar-refractivity contribution is 7.92. The highest BCUT2D eigenvalue weighted by Crippen LogP contribution is 2.26. The average molecular weight is 472 g/mol. The van der Waals surface area contributed by atoms with E-state index in [2.05, 4.69) is 15.4 Å². The van der Waals surface area contributed by atoms with E-state index in [1.807, 2.05) is 19.9 Å². The molecule has 0 unspecified atom stereocenters. The van der Waals surface area contributed by atoms with Crippen LogP contribution in [-0.4, -0.2) is 20.2 Å². The van der Waals surface area contributed by atoms with Crippen LogP contribution in [0.4, 0.5) is 17.1 Å². The fourth-order valence-corrected chi connectivity index (χ4v) is 4.49. The molecule has 0 aliphatic carbocycles. The number of sulfonamides is 1. The highest BCUT2D eigenvalue weighted by atomic mass is 35.5. The van der Waals surface area contributed by atoms with Crippen molar-refractivity contribution in [2.45, 2.75) is 25.7 Å². The maximum Gasteiger partial charge on any atom is 0.263 e. The van der Waals surface area contributed by atoms with Gasteiger partial charge in [-0.15, -0.1) is 0 Å². The fraction of sp³-hybridized carbons (Fsp3) is 0.130. The van der Waals surface area contributed by atoms with Crippen molar-refractivity contribution >= 4 is 50.5 Å². The summed E-state index contributed by atoms with van der Waals surface area (Å²) in [4.78, 5) is 23.6. The molecule has 0 atom stereocenters. The normalized spacial score (nSPS) is 11.0. The molecule has 0 saturated carbocycles. The third-order valence-electron chi connectivity index (χ3n) is 4.71. The summed E-state index contributed by atoms with van der Waals surface area (Å²) in [6, 6.07) is 15.8. The van der Waals surface area contributed by atoms with Gasteiger partial charge >= 0.3 is 0 Å². The second-order valence-electron chi connectivity index (χ2n) is 7.26. The summed E-state index contributed by atoms with van der Waals surface area (Å²) in [6.45, 7) is 5.21. The first-order valence-electron chi connectivity index (χ1n) is 9.64. The van der Waals surface area contributed by atoms with Crippen LogP contribution in [-0.2, 0) is 14.8 Å². The first-order chi connectivity index (χ1) is 15.0. The standard InChI is InChI=1S/C23H22ClN3O4S/c1-14-4-6-20(12-15(14)2)27-32(30,31)22-13-17(5-11-21(22)24)23(29)26-19-9-7-18(8-10-19)25-16(3)28/h4-13,27H,1-3H3,(H,25,28)(H,26,29). The summed E-state index contributed by atoms with van der Waals surface area (Å²) in [7, 11) is -4.02. The van der Waals surface area contributed by atoms with E-state index in [0.29, 0.717) is 17.1 Å². The van der Waals surface area contributed by atoms with Crippen molar-refractivity contribution in [3.05, 3.63) is 82.4 Å². The lowest BCUT2D eigenvalue weighted by molar-refractivity contribution is -0.114. The number of carbonyl (C=O) groups excluding carboxylic acids is 2. The molecule has 0 spiro atoms. The molecule has 166 valence electrons. The van der Waals surface area contributed by atoms with Crippen molar-refractivity contribution in [2.75, 3.05) is 15.4 Å². The van der Waals surface area contributed by atoms with E-state index < -0.39 is 15.9 Å². The topological polar surface area (TPSA) is 104 Å². The average Bonchev–Trinajstić information content (AvgIpc) is 2.71. The van der Waals surface area contributed by atoms with Crippen LogP contribution >= 0.6 is 11.6 Å². The van der Waals surface area contributed by atoms with Gasteiger partial charge in [0, 0.05) is 29.5 Å². The number of rotatable bonds is 6. The maximum atomic E-state index is 12.9. The molecule has 0 fully saturated rings. The Labute approximate surface area is 191 Å². The van der Waals surface area contributed by atoms with Crippen molar-refractivity contribution in [2.24, 2.45) is 0 Å². The third kappa shape index (κ3) is 5.66. The SMILES string of the molecule is CC(=O)Nc1ccc(NC(=O)c2ccc(Cl)c(S(=O)(=O)Nc3ccc(C)c(C)c3)c2)cc1. The van der Waals surface area contributed by atoms with Crippen molar-refractivity contribution in [3.63, 3.8) is 0 Å². The van der Waals surface area contributed by atoms with E-state index in [4.69, 9.17) is 11.6 Å². The van der Waals surface area contributed by atoms with Crippen LogP contribution in [0.5, 0.6) is 0 Å². The van der Waals surface area contributed by atoms with Crippen LogP contribution in [0.25, 0.3) is 0 Å². The molecular weight excluding hydrogens is 450 g/mol. The number of hydrogen-bond donors (Lipinski definition) is 3. The summed E-state index contributed by atoms with van der Waals surface area (Å²) >= 11 is 6.14. The first kappa shape index (κ1) is 23.3. The molecule has 9 heteroatoms. The number of nitrogens with one attached hydrogen (secondary N) is 3. The zero-order chi connectivity index (χ0) is 23.5. The molecule has 7 nitrogen and oxygen atoms in total. The molecule has 2 amide bonds. The van der Waals surface area contributed by atoms with Gasteiger partial charge in [-0.3, -0.25) is 14.3 Å². The minimum absolute atomic E-state index is 0.00227. The molecule has 0 aliphatic rings. The minimum Gasteiger partial charge on any atom is -0.326 e. The Bertz CT molecular complexity index is 1290. The molecule has 3 aromatic carbocycles. The smallest absolute Gasteiger partial charge is 0.263 e. The summed E-state index contributed by atoms with van der Waals surface area (Å²) in [6.07, 6.45) is 0. The van der Waals surface area contributed by atoms with Gasteiger partial charge in [0.15, 0.2) is 0 Å². The lowest BCUT2D eigenvalue weighted by Gasteiger charge is -2.12. The molecule has 3 N–H and O–H groups in total. The lowest BCUT2D eigenvalue weighted by Crippen LogP contribution is -2.16. The molecule has 0 aliphatic heterocycles. The van der Waals surface area contributed by atoms with E-state index in [9.17, 15) is 18.0 Å².